The highest BCUT2D eigenvalue weighted by atomic mass is 79.9. The maximum absolute atomic E-state index is 13.6. The van der Waals surface area contributed by atoms with E-state index in [0.29, 0.717) is 17.6 Å². The number of halogens is 2. The third kappa shape index (κ3) is 4.26. The van der Waals surface area contributed by atoms with Crippen molar-refractivity contribution < 1.29 is 17.6 Å². The van der Waals surface area contributed by atoms with Gasteiger partial charge in [-0.3, -0.25) is 4.79 Å². The Balaban J connectivity index is 2.83. The first-order chi connectivity index (χ1) is 9.31. The Labute approximate surface area is 126 Å². The monoisotopic (exact) mass is 366 g/mol. The Bertz CT molecular complexity index is 588. The fourth-order valence-electron chi connectivity index (χ4n) is 1.62. The molecule has 112 valence electrons. The molecule has 20 heavy (non-hydrogen) atoms. The molecule has 0 aliphatic rings. The summed E-state index contributed by atoms with van der Waals surface area (Å²) in [7, 11) is -4.05. The average Bonchev–Trinajstić information content (AvgIpc) is 2.37. The molecule has 0 saturated carbocycles. The number of carbonyl (C=O) groups excluding carboxylic acids is 1. The molecule has 1 aromatic rings. The molecule has 1 rings (SSSR count). The maximum Gasteiger partial charge on any atom is 0.243 e. The van der Waals surface area contributed by atoms with Gasteiger partial charge in [0.1, 0.15) is 10.7 Å². The van der Waals surface area contributed by atoms with Crippen LogP contribution in [0.1, 0.15) is 13.8 Å². The van der Waals surface area contributed by atoms with Crippen molar-refractivity contribution in [1.82, 2.24) is 9.62 Å². The van der Waals surface area contributed by atoms with Crippen molar-refractivity contribution in [2.75, 3.05) is 19.6 Å². The molecule has 5 nitrogen and oxygen atoms in total. The lowest BCUT2D eigenvalue weighted by molar-refractivity contribution is -0.129. The Kier molecular flexibility index (Phi) is 6.09. The Morgan fingerprint density at radius 3 is 2.45 bits per heavy atom. The van der Waals surface area contributed by atoms with E-state index < -0.39 is 20.7 Å². The van der Waals surface area contributed by atoms with Crippen LogP contribution in [0.4, 0.5) is 4.39 Å². The van der Waals surface area contributed by atoms with Crippen molar-refractivity contribution in [2.24, 2.45) is 0 Å². The number of hydrogen-bond donors (Lipinski definition) is 1. The predicted octanol–water partition coefficient (Wildman–Crippen LogP) is 1.73. The lowest BCUT2D eigenvalue weighted by Crippen LogP contribution is -2.40. The molecular weight excluding hydrogens is 351 g/mol. The molecule has 0 atom stereocenters. The van der Waals surface area contributed by atoms with Gasteiger partial charge >= 0.3 is 0 Å². The molecule has 1 amide bonds. The van der Waals surface area contributed by atoms with Gasteiger partial charge in [0.05, 0.1) is 6.54 Å². The van der Waals surface area contributed by atoms with Gasteiger partial charge in [-0.2, -0.15) is 0 Å². The molecule has 1 aromatic carbocycles. The summed E-state index contributed by atoms with van der Waals surface area (Å²) in [4.78, 5) is 12.7. The van der Waals surface area contributed by atoms with Crippen molar-refractivity contribution in [3.63, 3.8) is 0 Å². The molecule has 0 spiro atoms. The van der Waals surface area contributed by atoms with E-state index >= 15 is 0 Å². The second-order valence-corrected chi connectivity index (χ2v) is 6.62. The Morgan fingerprint density at radius 1 is 1.35 bits per heavy atom. The molecule has 8 heteroatoms. The summed E-state index contributed by atoms with van der Waals surface area (Å²) in [5.74, 6) is -1.22. The second kappa shape index (κ2) is 7.14. The van der Waals surface area contributed by atoms with Gasteiger partial charge in [-0.05, 0) is 32.0 Å². The minimum Gasteiger partial charge on any atom is -0.342 e. The summed E-state index contributed by atoms with van der Waals surface area (Å²) >= 11 is 3.05. The van der Waals surface area contributed by atoms with Crippen LogP contribution < -0.4 is 4.72 Å². The van der Waals surface area contributed by atoms with Gasteiger partial charge in [0.15, 0.2) is 0 Å². The van der Waals surface area contributed by atoms with E-state index in [1.54, 1.807) is 13.8 Å². The minimum absolute atomic E-state index is 0.351. The summed E-state index contributed by atoms with van der Waals surface area (Å²) in [5, 5.41) is 0. The van der Waals surface area contributed by atoms with Crippen LogP contribution >= 0.6 is 15.9 Å². The van der Waals surface area contributed by atoms with Gasteiger partial charge in [0, 0.05) is 17.6 Å². The number of amides is 1. The molecule has 0 bridgehead atoms. The van der Waals surface area contributed by atoms with Gasteiger partial charge in [-0.25, -0.2) is 17.5 Å². The van der Waals surface area contributed by atoms with E-state index in [-0.39, 0.29) is 12.5 Å². The number of nitrogens with zero attached hydrogens (tertiary/aromatic N) is 1. The van der Waals surface area contributed by atoms with Crippen LogP contribution in [-0.4, -0.2) is 38.9 Å². The highest BCUT2D eigenvalue weighted by Crippen LogP contribution is 2.19. The van der Waals surface area contributed by atoms with Crippen molar-refractivity contribution >= 4 is 31.9 Å². The van der Waals surface area contributed by atoms with Crippen molar-refractivity contribution in [1.29, 1.82) is 0 Å². The van der Waals surface area contributed by atoms with E-state index in [2.05, 4.69) is 20.7 Å². The van der Waals surface area contributed by atoms with Crippen LogP contribution in [0.3, 0.4) is 0 Å². The first-order valence-electron chi connectivity index (χ1n) is 6.04. The summed E-state index contributed by atoms with van der Waals surface area (Å²) in [6.45, 7) is 4.18. The third-order valence-electron chi connectivity index (χ3n) is 2.71. The van der Waals surface area contributed by atoms with E-state index in [1.165, 1.54) is 11.0 Å². The zero-order valence-corrected chi connectivity index (χ0v) is 13.6. The molecule has 0 fully saturated rings. The number of nitrogens with one attached hydrogen (secondary N) is 1. The predicted molar refractivity (Wildman–Crippen MR) is 77.2 cm³/mol. The molecule has 0 heterocycles. The molecule has 0 radical (unpaired) electrons. The van der Waals surface area contributed by atoms with Crippen molar-refractivity contribution in [3.8, 4) is 0 Å². The normalized spacial score (nSPS) is 11.4. The lowest BCUT2D eigenvalue weighted by Gasteiger charge is -2.18. The Morgan fingerprint density at radius 2 is 1.95 bits per heavy atom. The second-order valence-electron chi connectivity index (χ2n) is 3.97. The minimum atomic E-state index is -4.05. The first-order valence-corrected chi connectivity index (χ1v) is 8.32. The molecule has 1 N–H and O–H groups in total. The van der Waals surface area contributed by atoms with Crippen LogP contribution in [0.15, 0.2) is 27.6 Å². The number of hydrogen-bond acceptors (Lipinski definition) is 3. The fraction of sp³-hybridized carbons (Fsp3) is 0.417. The molecule has 0 aliphatic heterocycles. The number of benzene rings is 1. The molecule has 0 aliphatic carbocycles. The van der Waals surface area contributed by atoms with Crippen molar-refractivity contribution in [2.45, 2.75) is 18.7 Å². The summed E-state index contributed by atoms with van der Waals surface area (Å²) < 4.78 is 40.0. The zero-order valence-electron chi connectivity index (χ0n) is 11.2. The van der Waals surface area contributed by atoms with Gasteiger partial charge in [0.2, 0.25) is 15.9 Å². The SMILES string of the molecule is CCN(CC)C(=O)CNS(=O)(=O)c1ccc(Br)cc1F. The molecular formula is C12H16BrFN2O3S. The van der Waals surface area contributed by atoms with Crippen LogP contribution in [-0.2, 0) is 14.8 Å². The van der Waals surface area contributed by atoms with Gasteiger partial charge in [-0.1, -0.05) is 15.9 Å². The van der Waals surface area contributed by atoms with Gasteiger partial charge in [0.25, 0.3) is 0 Å². The maximum atomic E-state index is 13.6. The molecule has 0 saturated heterocycles. The number of carbonyl (C=O) groups is 1. The molecule has 0 aromatic heterocycles. The topological polar surface area (TPSA) is 66.5 Å². The summed E-state index contributed by atoms with van der Waals surface area (Å²) in [6.07, 6.45) is 0. The van der Waals surface area contributed by atoms with Crippen molar-refractivity contribution in [3.05, 3.63) is 28.5 Å². The fourth-order valence-corrected chi connectivity index (χ4v) is 2.98. The first kappa shape index (κ1) is 17.1. The van der Waals surface area contributed by atoms with Crippen LogP contribution in [0, 0.1) is 5.82 Å². The quantitative estimate of drug-likeness (QED) is 0.833. The number of sulfonamides is 1. The zero-order chi connectivity index (χ0) is 15.3. The largest absolute Gasteiger partial charge is 0.342 e. The molecule has 0 unspecified atom stereocenters. The summed E-state index contributed by atoms with van der Waals surface area (Å²) in [5.41, 5.74) is 0. The van der Waals surface area contributed by atoms with Gasteiger partial charge in [-0.15, -0.1) is 0 Å². The van der Waals surface area contributed by atoms with E-state index in [4.69, 9.17) is 0 Å². The summed E-state index contributed by atoms with van der Waals surface area (Å²) in [6, 6.07) is 3.62. The van der Waals surface area contributed by atoms with E-state index in [1.807, 2.05) is 0 Å². The Hall–Kier alpha value is -0.990. The number of likely N-dealkylation sites (N-methyl/N-ethyl adjacent to an activating group) is 1. The van der Waals surface area contributed by atoms with Crippen LogP contribution in [0.5, 0.6) is 0 Å². The van der Waals surface area contributed by atoms with Crippen LogP contribution in [0.2, 0.25) is 0 Å². The van der Waals surface area contributed by atoms with E-state index in [9.17, 15) is 17.6 Å². The third-order valence-corrected chi connectivity index (χ3v) is 4.64. The number of rotatable bonds is 6. The van der Waals surface area contributed by atoms with E-state index in [0.717, 1.165) is 12.1 Å². The smallest absolute Gasteiger partial charge is 0.243 e. The van der Waals surface area contributed by atoms with Crippen LogP contribution in [0.25, 0.3) is 0 Å². The standard InChI is InChI=1S/C12H16BrFN2O3S/c1-3-16(4-2)12(17)8-15-20(18,19)11-6-5-9(13)7-10(11)14/h5-7,15H,3-4,8H2,1-2H3. The average molecular weight is 367 g/mol. The lowest BCUT2D eigenvalue weighted by atomic mass is 10.3. The highest BCUT2D eigenvalue weighted by Gasteiger charge is 2.21. The highest BCUT2D eigenvalue weighted by molar-refractivity contribution is 9.10. The van der Waals surface area contributed by atoms with Gasteiger partial charge < -0.3 is 4.90 Å².